The Morgan fingerprint density at radius 1 is 1.80 bits per heavy atom. The van der Waals surface area contributed by atoms with Crippen molar-refractivity contribution in [1.29, 1.82) is 0 Å². The molecule has 0 aromatic heterocycles. The summed E-state index contributed by atoms with van der Waals surface area (Å²) in [6.07, 6.45) is 2.64. The normalized spacial score (nSPS) is 7.80. The molecule has 0 saturated carbocycles. The summed E-state index contributed by atoms with van der Waals surface area (Å²) in [5.74, 6) is 0. The summed E-state index contributed by atoms with van der Waals surface area (Å²) >= 11 is 1.36. The SMILES string of the molecule is CCC[CH]=[Ca]. The zero-order chi connectivity index (χ0) is 4.12. The molecule has 0 bridgehead atoms. The third-order valence-electron chi connectivity index (χ3n) is 0.493. The van der Waals surface area contributed by atoms with Crippen LogP contribution in [0.2, 0.25) is 0 Å². The molecule has 0 aromatic rings. The molecule has 0 spiro atoms. The fourth-order valence-corrected chi connectivity index (χ4v) is 0.842. The van der Waals surface area contributed by atoms with Gasteiger partial charge in [0.25, 0.3) is 0 Å². The van der Waals surface area contributed by atoms with Crippen LogP contribution in [0.15, 0.2) is 0 Å². The second-order valence-corrected chi connectivity index (χ2v) is 1.98. The number of rotatable bonds is 2. The molecule has 0 amide bonds. The standard InChI is InChI=1S/C4H8.Ca/c1-3-4-2;/h1H,3-4H2,2H3;. The Labute approximate surface area is 56.6 Å². The molecule has 26 valence electrons. The molecule has 0 aliphatic carbocycles. The maximum atomic E-state index is 2.31. The van der Waals surface area contributed by atoms with E-state index in [-0.39, 0.29) is 0 Å². The number of hydrogen-bond donors (Lipinski definition) is 0. The Morgan fingerprint density at radius 2 is 2.40 bits per heavy atom. The van der Waals surface area contributed by atoms with Crippen LogP contribution in [0.3, 0.4) is 0 Å². The topological polar surface area (TPSA) is 0 Å². The summed E-state index contributed by atoms with van der Waals surface area (Å²) in [5.41, 5.74) is 0. The Morgan fingerprint density at radius 3 is 2.40 bits per heavy atom. The predicted molar refractivity (Wildman–Crippen MR) is 26.7 cm³/mol. The van der Waals surface area contributed by atoms with E-state index in [0.29, 0.717) is 0 Å². The first-order valence-electron chi connectivity index (χ1n) is 2.02. The molecule has 0 unspecified atom stereocenters. The van der Waals surface area contributed by atoms with Gasteiger partial charge in [0.2, 0.25) is 0 Å². The molecule has 0 rings (SSSR count). The average molecular weight is 96.2 g/mol. The van der Waals surface area contributed by atoms with Gasteiger partial charge in [0.1, 0.15) is 0 Å². The van der Waals surface area contributed by atoms with Gasteiger partial charge in [-0.05, 0) is 0 Å². The minimum atomic E-state index is 1.32. The van der Waals surface area contributed by atoms with Gasteiger partial charge in [-0.3, -0.25) is 0 Å². The summed E-state index contributed by atoms with van der Waals surface area (Å²) in [6, 6.07) is 0. The van der Waals surface area contributed by atoms with Gasteiger partial charge in [0.15, 0.2) is 0 Å². The maximum absolute atomic E-state index is 2.31. The van der Waals surface area contributed by atoms with Crippen molar-refractivity contribution in [2.75, 3.05) is 0 Å². The van der Waals surface area contributed by atoms with E-state index < -0.39 is 0 Å². The summed E-state index contributed by atoms with van der Waals surface area (Å²) < 4.78 is 2.31. The van der Waals surface area contributed by atoms with Crippen molar-refractivity contribution < 1.29 is 0 Å². The number of hydrogen-bond acceptors (Lipinski definition) is 0. The van der Waals surface area contributed by atoms with Crippen LogP contribution in [-0.4, -0.2) is 37.3 Å². The van der Waals surface area contributed by atoms with Crippen molar-refractivity contribution in [2.45, 2.75) is 19.8 Å². The molecule has 0 aliphatic rings. The first-order valence-corrected chi connectivity index (χ1v) is 3.30. The van der Waals surface area contributed by atoms with Gasteiger partial charge < -0.3 is 0 Å². The fourth-order valence-electron chi connectivity index (χ4n) is 0.204. The van der Waals surface area contributed by atoms with Crippen molar-refractivity contribution >= 4 is 37.3 Å². The zero-order valence-electron chi connectivity index (χ0n) is 3.70. The quantitative estimate of drug-likeness (QED) is 0.445. The second-order valence-electron chi connectivity index (χ2n) is 1.08. The predicted octanol–water partition coefficient (Wildman–Crippen LogP) is 0.757. The zero-order valence-corrected chi connectivity index (χ0v) is 5.91. The van der Waals surface area contributed by atoms with Gasteiger partial charge in [0.05, 0.1) is 0 Å². The fraction of sp³-hybridized carbons (Fsp3) is 0.750. The van der Waals surface area contributed by atoms with Crippen LogP contribution in [0, 0.1) is 0 Å². The van der Waals surface area contributed by atoms with Crippen LogP contribution in [0.4, 0.5) is 0 Å². The summed E-state index contributed by atoms with van der Waals surface area (Å²) in [4.78, 5) is 0. The summed E-state index contributed by atoms with van der Waals surface area (Å²) in [7, 11) is 0. The Balaban J connectivity index is 2.40. The van der Waals surface area contributed by atoms with E-state index in [9.17, 15) is 0 Å². The molecule has 0 saturated heterocycles. The molecule has 0 aliphatic heterocycles. The molecular formula is C4H8Ca. The molecule has 1 heteroatoms. The monoisotopic (exact) mass is 96.0 g/mol. The molecular weight excluding hydrogens is 88.1 g/mol. The van der Waals surface area contributed by atoms with E-state index in [1.54, 1.807) is 0 Å². The van der Waals surface area contributed by atoms with Gasteiger partial charge in [0, 0.05) is 0 Å². The van der Waals surface area contributed by atoms with Crippen molar-refractivity contribution in [3.05, 3.63) is 0 Å². The third kappa shape index (κ3) is 5.13. The van der Waals surface area contributed by atoms with Gasteiger partial charge in [-0.15, -0.1) is 0 Å². The second kappa shape index (κ2) is 5.13. The van der Waals surface area contributed by atoms with Crippen LogP contribution in [0.5, 0.6) is 0 Å². The van der Waals surface area contributed by atoms with Gasteiger partial charge in [-0.2, -0.15) is 0 Å². The van der Waals surface area contributed by atoms with E-state index >= 15 is 0 Å². The number of unbranched alkanes of at least 4 members (excludes halogenated alkanes) is 1. The van der Waals surface area contributed by atoms with Crippen LogP contribution in [0.1, 0.15) is 19.8 Å². The average Bonchev–Trinajstić information content (AvgIpc) is 1.41. The molecule has 0 fully saturated rings. The first-order chi connectivity index (χ1) is 2.41. The Kier molecular flexibility index (Phi) is 6.29. The van der Waals surface area contributed by atoms with Crippen LogP contribution in [-0.2, 0) is 0 Å². The molecule has 5 heavy (non-hydrogen) atoms. The van der Waals surface area contributed by atoms with Crippen LogP contribution < -0.4 is 0 Å². The van der Waals surface area contributed by atoms with Crippen molar-refractivity contribution in [2.24, 2.45) is 0 Å². The molecule has 0 atom stereocenters. The molecule has 0 heterocycles. The van der Waals surface area contributed by atoms with E-state index in [0.717, 1.165) is 0 Å². The Hall–Kier alpha value is 1.13. The summed E-state index contributed by atoms with van der Waals surface area (Å²) in [5, 5.41) is 0. The molecule has 0 N–H and O–H groups in total. The third-order valence-corrected chi connectivity index (χ3v) is 1.13. The van der Waals surface area contributed by atoms with Crippen molar-refractivity contribution in [1.82, 2.24) is 0 Å². The van der Waals surface area contributed by atoms with E-state index in [1.165, 1.54) is 48.1 Å². The molecule has 0 radical (unpaired) electrons. The first kappa shape index (κ1) is 6.13. The van der Waals surface area contributed by atoms with Crippen LogP contribution >= 0.6 is 0 Å². The van der Waals surface area contributed by atoms with E-state index in [4.69, 9.17) is 0 Å². The summed E-state index contributed by atoms with van der Waals surface area (Å²) in [6.45, 7) is 2.20. The van der Waals surface area contributed by atoms with E-state index in [1.807, 2.05) is 0 Å². The van der Waals surface area contributed by atoms with Gasteiger partial charge >= 0.3 is 57.1 Å². The van der Waals surface area contributed by atoms with E-state index in [2.05, 4.69) is 9.01 Å². The van der Waals surface area contributed by atoms with Crippen LogP contribution in [0.25, 0.3) is 0 Å². The van der Waals surface area contributed by atoms with Crippen molar-refractivity contribution in [3.63, 3.8) is 0 Å². The Bertz CT molecular complexity index is 24.8. The van der Waals surface area contributed by atoms with Gasteiger partial charge in [-0.25, -0.2) is 0 Å². The van der Waals surface area contributed by atoms with Crippen molar-refractivity contribution in [3.8, 4) is 0 Å². The minimum absolute atomic E-state index is 1.32. The molecule has 0 nitrogen and oxygen atoms in total. The molecule has 0 aromatic carbocycles. The van der Waals surface area contributed by atoms with Gasteiger partial charge in [-0.1, -0.05) is 0 Å².